The van der Waals surface area contributed by atoms with E-state index in [-0.39, 0.29) is 6.42 Å². The second-order valence-electron chi connectivity index (χ2n) is 3.76. The van der Waals surface area contributed by atoms with Crippen molar-refractivity contribution in [1.82, 2.24) is 0 Å². The van der Waals surface area contributed by atoms with Crippen LogP contribution in [-0.2, 0) is 6.42 Å². The summed E-state index contributed by atoms with van der Waals surface area (Å²) in [6, 6.07) is 4.71. The van der Waals surface area contributed by atoms with Crippen LogP contribution in [0.1, 0.15) is 12.5 Å². The molecule has 1 aromatic carbocycles. The van der Waals surface area contributed by atoms with E-state index in [1.165, 1.54) is 6.92 Å². The van der Waals surface area contributed by atoms with Gasteiger partial charge in [-0.25, -0.2) is 8.78 Å². The summed E-state index contributed by atoms with van der Waals surface area (Å²) in [5, 5.41) is 0.838. The van der Waals surface area contributed by atoms with Gasteiger partial charge in [0.1, 0.15) is 0 Å². The van der Waals surface area contributed by atoms with Gasteiger partial charge in [-0.1, -0.05) is 23.2 Å². The molecule has 1 aromatic rings. The van der Waals surface area contributed by atoms with Crippen molar-refractivity contribution in [2.75, 3.05) is 0 Å². The van der Waals surface area contributed by atoms with Crippen LogP contribution in [0, 0.1) is 0 Å². The second-order valence-corrected chi connectivity index (χ2v) is 4.63. The molecule has 1 unspecified atom stereocenters. The zero-order chi connectivity index (χ0) is 11.6. The normalized spacial score (nSPS) is 15.4. The number of hydrogen-bond donors (Lipinski definition) is 1. The Morgan fingerprint density at radius 1 is 1.27 bits per heavy atom. The van der Waals surface area contributed by atoms with Crippen molar-refractivity contribution in [3.05, 3.63) is 33.8 Å². The van der Waals surface area contributed by atoms with Crippen molar-refractivity contribution >= 4 is 23.2 Å². The summed E-state index contributed by atoms with van der Waals surface area (Å²) >= 11 is 11.5. The molecule has 84 valence electrons. The van der Waals surface area contributed by atoms with E-state index in [0.29, 0.717) is 15.6 Å². The topological polar surface area (TPSA) is 26.0 Å². The molecule has 1 rings (SSSR count). The number of nitrogens with two attached hydrogens (primary N) is 1. The van der Waals surface area contributed by atoms with E-state index in [1.54, 1.807) is 18.2 Å². The molecular weight excluding hydrogens is 243 g/mol. The fourth-order valence-electron chi connectivity index (χ4n) is 1.23. The SMILES string of the molecule is CC(N)(Cc1cc(Cl)cc(Cl)c1)C(F)F. The number of benzene rings is 1. The van der Waals surface area contributed by atoms with Crippen LogP contribution in [0.3, 0.4) is 0 Å². The molecule has 0 spiro atoms. The third-order valence-corrected chi connectivity index (χ3v) is 2.44. The summed E-state index contributed by atoms with van der Waals surface area (Å²) in [6.07, 6.45) is -2.56. The third kappa shape index (κ3) is 3.59. The summed E-state index contributed by atoms with van der Waals surface area (Å²) in [5.74, 6) is 0. The van der Waals surface area contributed by atoms with E-state index in [2.05, 4.69) is 0 Å². The maximum atomic E-state index is 12.5. The quantitative estimate of drug-likeness (QED) is 0.877. The van der Waals surface area contributed by atoms with E-state index in [9.17, 15) is 8.78 Å². The minimum Gasteiger partial charge on any atom is -0.320 e. The van der Waals surface area contributed by atoms with Crippen molar-refractivity contribution in [1.29, 1.82) is 0 Å². The minimum atomic E-state index is -2.59. The highest BCUT2D eigenvalue weighted by Crippen LogP contribution is 2.24. The zero-order valence-corrected chi connectivity index (χ0v) is 9.62. The molecule has 0 saturated carbocycles. The van der Waals surface area contributed by atoms with Crippen LogP contribution in [0.5, 0.6) is 0 Å². The van der Waals surface area contributed by atoms with Gasteiger partial charge in [-0.05, 0) is 37.1 Å². The molecule has 5 heteroatoms. The van der Waals surface area contributed by atoms with Gasteiger partial charge in [0.15, 0.2) is 0 Å². The van der Waals surface area contributed by atoms with Gasteiger partial charge in [-0.2, -0.15) is 0 Å². The van der Waals surface area contributed by atoms with Gasteiger partial charge in [-0.15, -0.1) is 0 Å². The molecule has 1 nitrogen and oxygen atoms in total. The van der Waals surface area contributed by atoms with Crippen LogP contribution in [0.4, 0.5) is 8.78 Å². The van der Waals surface area contributed by atoms with Crippen LogP contribution in [0.15, 0.2) is 18.2 Å². The first-order valence-electron chi connectivity index (χ1n) is 4.33. The monoisotopic (exact) mass is 253 g/mol. The zero-order valence-electron chi connectivity index (χ0n) is 8.11. The van der Waals surface area contributed by atoms with Gasteiger partial charge >= 0.3 is 0 Å². The molecule has 0 heterocycles. The van der Waals surface area contributed by atoms with Gasteiger partial charge in [0.2, 0.25) is 0 Å². The molecule has 0 fully saturated rings. The first kappa shape index (κ1) is 12.7. The lowest BCUT2D eigenvalue weighted by Gasteiger charge is -2.23. The van der Waals surface area contributed by atoms with Crippen LogP contribution >= 0.6 is 23.2 Å². The molecule has 0 bridgehead atoms. The fourth-order valence-corrected chi connectivity index (χ4v) is 1.80. The lowest BCUT2D eigenvalue weighted by atomic mass is 9.94. The first-order chi connectivity index (χ1) is 6.81. The van der Waals surface area contributed by atoms with Crippen LogP contribution in [-0.4, -0.2) is 12.0 Å². The maximum Gasteiger partial charge on any atom is 0.256 e. The molecule has 15 heavy (non-hydrogen) atoms. The molecule has 0 aliphatic carbocycles. The van der Waals surface area contributed by atoms with Crippen LogP contribution in [0.25, 0.3) is 0 Å². The molecule has 0 radical (unpaired) electrons. The minimum absolute atomic E-state index is 0.0327. The Morgan fingerprint density at radius 3 is 2.13 bits per heavy atom. The fraction of sp³-hybridized carbons (Fsp3) is 0.400. The Morgan fingerprint density at radius 2 is 1.73 bits per heavy atom. The van der Waals surface area contributed by atoms with Crippen molar-refractivity contribution in [2.24, 2.45) is 5.73 Å². The number of rotatable bonds is 3. The Labute approximate surface area is 97.2 Å². The van der Waals surface area contributed by atoms with E-state index >= 15 is 0 Å². The molecule has 2 N–H and O–H groups in total. The number of hydrogen-bond acceptors (Lipinski definition) is 1. The first-order valence-corrected chi connectivity index (χ1v) is 5.09. The van der Waals surface area contributed by atoms with Gasteiger partial charge in [0, 0.05) is 10.0 Å². The number of halogens is 4. The average Bonchev–Trinajstić information content (AvgIpc) is 1.99. The lowest BCUT2D eigenvalue weighted by Crippen LogP contribution is -2.45. The molecular formula is C10H11Cl2F2N. The van der Waals surface area contributed by atoms with E-state index in [4.69, 9.17) is 28.9 Å². The molecule has 0 amide bonds. The highest BCUT2D eigenvalue weighted by atomic mass is 35.5. The molecule has 0 aliphatic rings. The highest BCUT2D eigenvalue weighted by Gasteiger charge is 2.30. The largest absolute Gasteiger partial charge is 0.320 e. The summed E-state index contributed by atoms with van der Waals surface area (Å²) in [4.78, 5) is 0. The van der Waals surface area contributed by atoms with Crippen LogP contribution in [0.2, 0.25) is 10.0 Å². The Kier molecular flexibility index (Phi) is 3.93. The van der Waals surface area contributed by atoms with Gasteiger partial charge < -0.3 is 5.73 Å². The van der Waals surface area contributed by atoms with Crippen molar-refractivity contribution in [3.63, 3.8) is 0 Å². The van der Waals surface area contributed by atoms with Gasteiger partial charge in [-0.3, -0.25) is 0 Å². The van der Waals surface area contributed by atoms with E-state index < -0.39 is 12.0 Å². The third-order valence-electron chi connectivity index (χ3n) is 2.01. The Balaban J connectivity index is 2.89. The van der Waals surface area contributed by atoms with Crippen LogP contribution < -0.4 is 5.73 Å². The van der Waals surface area contributed by atoms with Crippen molar-refractivity contribution in [2.45, 2.75) is 25.3 Å². The highest BCUT2D eigenvalue weighted by molar-refractivity contribution is 6.34. The molecule has 0 aromatic heterocycles. The summed E-state index contributed by atoms with van der Waals surface area (Å²) in [7, 11) is 0. The lowest BCUT2D eigenvalue weighted by molar-refractivity contribution is 0.0639. The smallest absolute Gasteiger partial charge is 0.256 e. The average molecular weight is 254 g/mol. The number of alkyl halides is 2. The standard InChI is InChI=1S/C10H11Cl2F2N/c1-10(15,9(13)14)5-6-2-7(11)4-8(12)3-6/h2-4,9H,5,15H2,1H3. The van der Waals surface area contributed by atoms with E-state index in [1.807, 2.05) is 0 Å². The molecule has 0 saturated heterocycles. The van der Waals surface area contributed by atoms with Gasteiger partial charge in [0.25, 0.3) is 6.43 Å². The van der Waals surface area contributed by atoms with E-state index in [0.717, 1.165) is 0 Å². The Hall–Kier alpha value is -0.380. The predicted octanol–water partition coefficient (Wildman–Crippen LogP) is 3.52. The predicted molar refractivity (Wildman–Crippen MR) is 58.8 cm³/mol. The second kappa shape index (κ2) is 4.64. The van der Waals surface area contributed by atoms with Crippen molar-refractivity contribution in [3.8, 4) is 0 Å². The van der Waals surface area contributed by atoms with Crippen molar-refractivity contribution < 1.29 is 8.78 Å². The Bertz CT molecular complexity index is 333. The molecule has 0 aliphatic heterocycles. The molecule has 1 atom stereocenters. The maximum absolute atomic E-state index is 12.5. The van der Waals surface area contributed by atoms with Gasteiger partial charge in [0.05, 0.1) is 5.54 Å². The summed E-state index contributed by atoms with van der Waals surface area (Å²) < 4.78 is 25.0. The summed E-state index contributed by atoms with van der Waals surface area (Å²) in [6.45, 7) is 1.30. The summed E-state index contributed by atoms with van der Waals surface area (Å²) in [5.41, 5.74) is 4.50.